The summed E-state index contributed by atoms with van der Waals surface area (Å²) in [5, 5.41) is 15.1. The number of piperidine rings is 1. The van der Waals surface area contributed by atoms with E-state index in [1.807, 2.05) is 18.3 Å². The maximum Gasteiger partial charge on any atom is 0.319 e. The van der Waals surface area contributed by atoms with Crippen LogP contribution in [0.4, 0.5) is 14.9 Å². The number of carbonyl (C=O) groups is 2. The van der Waals surface area contributed by atoms with Crippen LogP contribution in [0, 0.1) is 5.82 Å². The number of rotatable bonds is 21. The Bertz CT molecular complexity index is 1840. The molecule has 1 saturated carbocycles. The lowest BCUT2D eigenvalue weighted by molar-refractivity contribution is -0.138. The molecular formula is C39H49FN6O8S. The average Bonchev–Trinajstić information content (AvgIpc) is 3.90. The number of halogens is 1. The Balaban J connectivity index is 0.959. The van der Waals surface area contributed by atoms with Gasteiger partial charge in [-0.2, -0.15) is 0 Å². The zero-order chi connectivity index (χ0) is 38.4. The summed E-state index contributed by atoms with van der Waals surface area (Å²) in [6.45, 7) is 5.52. The van der Waals surface area contributed by atoms with Gasteiger partial charge in [-0.25, -0.2) is 9.18 Å². The lowest BCUT2D eigenvalue weighted by Crippen LogP contribution is -2.49. The topological polar surface area (TPSA) is 157 Å². The number of aliphatic hydroxyl groups is 1. The van der Waals surface area contributed by atoms with E-state index in [0.29, 0.717) is 69.7 Å². The van der Waals surface area contributed by atoms with Gasteiger partial charge in [0.2, 0.25) is 5.91 Å². The van der Waals surface area contributed by atoms with E-state index in [-0.39, 0.29) is 29.8 Å². The Morgan fingerprint density at radius 1 is 0.927 bits per heavy atom. The summed E-state index contributed by atoms with van der Waals surface area (Å²) >= 11 is 1.47. The Hall–Kier alpha value is -4.29. The second-order valence-electron chi connectivity index (χ2n) is 13.4. The van der Waals surface area contributed by atoms with Gasteiger partial charge in [0, 0.05) is 75.6 Å². The number of likely N-dealkylation sites (tertiary alicyclic amines) is 1. The smallest absolute Gasteiger partial charge is 0.319 e. The minimum Gasteiger partial charge on any atom is -0.453 e. The van der Waals surface area contributed by atoms with Gasteiger partial charge in [0.05, 0.1) is 67.0 Å². The largest absolute Gasteiger partial charge is 0.453 e. The predicted octanol–water partition coefficient (Wildman–Crippen LogP) is 5.06. The monoisotopic (exact) mass is 780 g/mol. The van der Waals surface area contributed by atoms with Gasteiger partial charge in [0.25, 0.3) is 0 Å². The van der Waals surface area contributed by atoms with E-state index >= 15 is 4.39 Å². The molecule has 296 valence electrons. The average molecular weight is 781 g/mol. The van der Waals surface area contributed by atoms with Crippen molar-refractivity contribution in [3.8, 4) is 22.1 Å². The standard InChI is InChI=1S/C39H49FN6O8S/c1-50-16-17-52-20-21-53-19-18-51-15-14-46(37(48)26-47)30-9-12-45(13-10-30)25-27-2-6-32(42-24-27)36-23-33-38(55-36)35(8-11-41-33)54-34-7-5-29(22-31(34)40)44-39(49)43-28-3-4-28/h2,5-8,11,22-24,28,30,47H,3-4,9-10,12-21,25-26H2,1H3,(H2,43,44,49). The van der Waals surface area contributed by atoms with E-state index in [4.69, 9.17) is 28.7 Å². The molecule has 2 fully saturated rings. The Labute approximate surface area is 323 Å². The van der Waals surface area contributed by atoms with Crippen molar-refractivity contribution in [2.75, 3.05) is 84.9 Å². The van der Waals surface area contributed by atoms with Crippen molar-refractivity contribution in [1.29, 1.82) is 0 Å². The third kappa shape index (κ3) is 12.1. The lowest BCUT2D eigenvalue weighted by atomic mass is 10.0. The maximum atomic E-state index is 15.0. The number of methoxy groups -OCH3 is 1. The highest BCUT2D eigenvalue weighted by Crippen LogP contribution is 2.39. The molecule has 6 rings (SSSR count). The molecule has 3 N–H and O–H groups in total. The first-order chi connectivity index (χ1) is 26.9. The molecule has 0 bridgehead atoms. The van der Waals surface area contributed by atoms with Crippen LogP contribution >= 0.6 is 11.3 Å². The molecule has 3 amide bonds. The van der Waals surface area contributed by atoms with Gasteiger partial charge in [-0.3, -0.25) is 19.7 Å². The zero-order valence-electron chi connectivity index (χ0n) is 31.0. The van der Waals surface area contributed by atoms with Gasteiger partial charge in [-0.05, 0) is 55.5 Å². The van der Waals surface area contributed by atoms with Crippen LogP contribution < -0.4 is 15.4 Å². The molecule has 0 unspecified atom stereocenters. The molecule has 14 nitrogen and oxygen atoms in total. The summed E-state index contributed by atoms with van der Waals surface area (Å²) in [4.78, 5) is 38.9. The molecule has 4 aromatic rings. The number of urea groups is 1. The summed E-state index contributed by atoms with van der Waals surface area (Å²) < 4.78 is 43.3. The van der Waals surface area contributed by atoms with Crippen molar-refractivity contribution in [3.63, 3.8) is 0 Å². The molecule has 0 spiro atoms. The Kier molecular flexibility index (Phi) is 15.1. The van der Waals surface area contributed by atoms with Crippen LogP contribution in [0.5, 0.6) is 11.5 Å². The number of aromatic nitrogens is 2. The van der Waals surface area contributed by atoms with Crippen molar-refractivity contribution in [2.24, 2.45) is 0 Å². The van der Waals surface area contributed by atoms with E-state index < -0.39 is 12.4 Å². The maximum absolute atomic E-state index is 15.0. The fraction of sp³-hybridized carbons (Fsp3) is 0.487. The molecule has 1 aromatic carbocycles. The van der Waals surface area contributed by atoms with Crippen molar-refractivity contribution >= 4 is 39.2 Å². The highest BCUT2D eigenvalue weighted by molar-refractivity contribution is 7.22. The number of pyridine rings is 2. The molecule has 3 aromatic heterocycles. The summed E-state index contributed by atoms with van der Waals surface area (Å²) in [5.41, 5.74) is 2.92. The number of benzene rings is 1. The molecule has 16 heteroatoms. The van der Waals surface area contributed by atoms with Crippen molar-refractivity contribution < 1.29 is 42.8 Å². The SMILES string of the molecule is COCCOCCOCCOCCN(C(=O)CO)C1CCN(Cc2ccc(-c3cc4nccc(Oc5ccc(NC(=O)NC6CC6)cc5F)c4s3)nc2)CC1. The van der Waals surface area contributed by atoms with Crippen molar-refractivity contribution in [1.82, 2.24) is 25.1 Å². The fourth-order valence-corrected chi connectivity index (χ4v) is 7.28. The number of ether oxygens (including phenoxy) is 5. The normalized spacial score (nSPS) is 15.0. The van der Waals surface area contributed by atoms with Gasteiger partial charge >= 0.3 is 6.03 Å². The van der Waals surface area contributed by atoms with E-state index in [9.17, 15) is 14.7 Å². The Morgan fingerprint density at radius 2 is 1.67 bits per heavy atom. The van der Waals surface area contributed by atoms with Crippen LogP contribution in [-0.2, 0) is 30.3 Å². The second-order valence-corrected chi connectivity index (χ2v) is 14.4. The second kappa shape index (κ2) is 20.6. The van der Waals surface area contributed by atoms with Crippen LogP contribution in [0.25, 0.3) is 20.8 Å². The number of carbonyl (C=O) groups excluding carboxylic acids is 2. The number of hydrogen-bond acceptors (Lipinski definition) is 12. The van der Waals surface area contributed by atoms with Crippen LogP contribution in [0.2, 0.25) is 0 Å². The molecule has 1 saturated heterocycles. The summed E-state index contributed by atoms with van der Waals surface area (Å²) in [5.74, 6) is -0.369. The minimum absolute atomic E-state index is 0.0358. The number of amides is 3. The van der Waals surface area contributed by atoms with Crippen LogP contribution in [-0.4, -0.2) is 128 Å². The first-order valence-corrected chi connectivity index (χ1v) is 19.5. The number of anilines is 1. The van der Waals surface area contributed by atoms with E-state index in [0.717, 1.165) is 66.2 Å². The van der Waals surface area contributed by atoms with E-state index in [1.54, 1.807) is 30.3 Å². The summed E-state index contributed by atoms with van der Waals surface area (Å²) in [7, 11) is 1.63. The molecule has 2 aliphatic rings. The van der Waals surface area contributed by atoms with Crippen LogP contribution in [0.15, 0.2) is 54.9 Å². The van der Waals surface area contributed by atoms with Gasteiger partial charge in [-0.1, -0.05) is 6.07 Å². The highest BCUT2D eigenvalue weighted by atomic mass is 32.1. The van der Waals surface area contributed by atoms with Crippen LogP contribution in [0.3, 0.4) is 0 Å². The van der Waals surface area contributed by atoms with Crippen LogP contribution in [0.1, 0.15) is 31.2 Å². The molecular weight excluding hydrogens is 732 g/mol. The number of thiophene rings is 1. The predicted molar refractivity (Wildman–Crippen MR) is 206 cm³/mol. The zero-order valence-corrected chi connectivity index (χ0v) is 31.9. The van der Waals surface area contributed by atoms with Crippen molar-refractivity contribution in [2.45, 2.75) is 44.3 Å². The molecule has 55 heavy (non-hydrogen) atoms. The number of fused-ring (bicyclic) bond motifs is 1. The Morgan fingerprint density at radius 3 is 2.35 bits per heavy atom. The van der Waals surface area contributed by atoms with Gasteiger partial charge < -0.3 is 44.3 Å². The molecule has 1 aliphatic heterocycles. The molecule has 4 heterocycles. The minimum atomic E-state index is -0.595. The first-order valence-electron chi connectivity index (χ1n) is 18.6. The first kappa shape index (κ1) is 40.4. The molecule has 1 aliphatic carbocycles. The van der Waals surface area contributed by atoms with Crippen molar-refractivity contribution in [3.05, 3.63) is 66.2 Å². The summed E-state index contributed by atoms with van der Waals surface area (Å²) in [6.07, 6.45) is 7.02. The van der Waals surface area contributed by atoms with E-state index in [1.165, 1.54) is 23.5 Å². The number of nitrogens with zero attached hydrogens (tertiary/aromatic N) is 4. The number of nitrogens with one attached hydrogen (secondary N) is 2. The van der Waals surface area contributed by atoms with Gasteiger partial charge in [0.1, 0.15) is 12.4 Å². The van der Waals surface area contributed by atoms with E-state index in [2.05, 4.69) is 26.6 Å². The van der Waals surface area contributed by atoms with Gasteiger partial charge in [0.15, 0.2) is 11.6 Å². The molecule has 0 atom stereocenters. The highest BCUT2D eigenvalue weighted by Gasteiger charge is 2.28. The number of aliphatic hydroxyl groups excluding tert-OH is 1. The third-order valence-electron chi connectivity index (χ3n) is 9.29. The lowest BCUT2D eigenvalue weighted by Gasteiger charge is -2.38. The molecule has 0 radical (unpaired) electrons. The fourth-order valence-electron chi connectivity index (χ4n) is 6.24. The number of hydrogen-bond donors (Lipinski definition) is 3. The van der Waals surface area contributed by atoms with Gasteiger partial charge in [-0.15, -0.1) is 11.3 Å². The quantitative estimate of drug-likeness (QED) is 0.0973. The third-order valence-corrected chi connectivity index (χ3v) is 10.4. The summed E-state index contributed by atoms with van der Waals surface area (Å²) in [6, 6.07) is 11.9.